The van der Waals surface area contributed by atoms with E-state index < -0.39 is 48.7 Å². The molecule has 218 valence electrons. The number of amides is 3. The first kappa shape index (κ1) is 28.2. The number of carbonyl (C=O) groups excluding carboxylic acids is 3. The van der Waals surface area contributed by atoms with Crippen molar-refractivity contribution in [1.82, 2.24) is 20.5 Å². The molecular formula is C30H24ClF2N7O3. The largest absolute Gasteiger partial charge is 0.351 e. The normalized spacial score (nSPS) is 18.6. The average molecular weight is 604 g/mol. The summed E-state index contributed by atoms with van der Waals surface area (Å²) in [4.78, 5) is 48.5. The highest BCUT2D eigenvalue weighted by Crippen LogP contribution is 2.40. The molecule has 2 fully saturated rings. The second-order valence-electron chi connectivity index (χ2n) is 10.6. The molecule has 0 radical (unpaired) electrons. The fourth-order valence-electron chi connectivity index (χ4n) is 5.61. The molecule has 2 aromatic heterocycles. The Bertz CT molecular complexity index is 1780. The number of carbonyl (C=O) groups is 3. The number of nitrogens with one attached hydrogen (secondary N) is 2. The highest BCUT2D eigenvalue weighted by atomic mass is 35.5. The van der Waals surface area contributed by atoms with E-state index >= 15 is 0 Å². The lowest BCUT2D eigenvalue weighted by atomic mass is 9.87. The molecule has 0 spiro atoms. The molecule has 1 aliphatic heterocycles. The average Bonchev–Trinajstić information content (AvgIpc) is 3.61. The third kappa shape index (κ3) is 5.39. The van der Waals surface area contributed by atoms with Crippen LogP contribution in [0.5, 0.6) is 0 Å². The maximum atomic E-state index is 14.7. The first-order chi connectivity index (χ1) is 20.6. The molecule has 13 heteroatoms. The first-order valence-electron chi connectivity index (χ1n) is 13.5. The van der Waals surface area contributed by atoms with Crippen LogP contribution in [0, 0.1) is 11.3 Å². The zero-order chi connectivity index (χ0) is 30.3. The molecule has 10 nitrogen and oxygen atoms in total. The summed E-state index contributed by atoms with van der Waals surface area (Å²) in [6.45, 7) is 0. The van der Waals surface area contributed by atoms with E-state index in [1.165, 1.54) is 28.1 Å². The van der Waals surface area contributed by atoms with E-state index in [1.54, 1.807) is 48.7 Å². The lowest BCUT2D eigenvalue weighted by molar-refractivity contribution is -0.133. The molecule has 2 aliphatic rings. The zero-order valence-electron chi connectivity index (χ0n) is 22.5. The number of pyridine rings is 1. The Morgan fingerprint density at radius 2 is 1.98 bits per heavy atom. The number of nitrogens with zero attached hydrogens (tertiary/aromatic N) is 5. The molecule has 3 heterocycles. The Kier molecular flexibility index (Phi) is 7.27. The number of halogens is 3. The number of hydrogen-bond acceptors (Lipinski definition) is 6. The number of nitriles is 1. The molecule has 4 aromatic rings. The predicted molar refractivity (Wildman–Crippen MR) is 153 cm³/mol. The van der Waals surface area contributed by atoms with Crippen molar-refractivity contribution in [3.63, 3.8) is 0 Å². The first-order valence-corrected chi connectivity index (χ1v) is 13.9. The summed E-state index contributed by atoms with van der Waals surface area (Å²) in [7, 11) is 0. The van der Waals surface area contributed by atoms with Crippen LogP contribution in [0.25, 0.3) is 10.9 Å². The summed E-state index contributed by atoms with van der Waals surface area (Å²) < 4.78 is 27.4. The van der Waals surface area contributed by atoms with Gasteiger partial charge in [0.05, 0.1) is 23.3 Å². The molecule has 2 N–H and O–H groups in total. The lowest BCUT2D eigenvalue weighted by Gasteiger charge is -2.39. The number of benzene rings is 2. The molecule has 2 aromatic carbocycles. The van der Waals surface area contributed by atoms with E-state index in [9.17, 15) is 28.4 Å². The van der Waals surface area contributed by atoms with Crippen LogP contribution in [-0.4, -0.2) is 50.9 Å². The van der Waals surface area contributed by atoms with Crippen LogP contribution in [0.2, 0.25) is 5.02 Å². The number of alkyl halides is 2. The summed E-state index contributed by atoms with van der Waals surface area (Å²) in [5, 5.41) is 19.8. The highest BCUT2D eigenvalue weighted by molar-refractivity contribution is 6.31. The molecule has 43 heavy (non-hydrogen) atoms. The Morgan fingerprint density at radius 3 is 2.72 bits per heavy atom. The van der Waals surface area contributed by atoms with Gasteiger partial charge in [-0.3, -0.25) is 29.3 Å². The van der Waals surface area contributed by atoms with Crippen molar-refractivity contribution >= 4 is 51.7 Å². The topological polar surface area (TPSA) is 135 Å². The molecule has 3 amide bonds. The Labute approximate surface area is 249 Å². The minimum atomic E-state index is -2.88. The standard InChI is InChI=1S/C30H24ClF2N7O3/c31-22-4-2-1-3-21(22)27(28(42)37-19-13-30(32,33)14-19)39(20-5-6-23-18(12-20)16-36-38-23)29(43)24-7-8-26(41)40(24)25-11-17(15-34)9-10-35-25/h1-6,9-12,16,19,24,27H,7-8,13-14H2,(H,36,38)(H,37,42)/t24-,27?/m0/s1. The van der Waals surface area contributed by atoms with Crippen molar-refractivity contribution in [2.24, 2.45) is 0 Å². The monoisotopic (exact) mass is 603 g/mol. The number of aromatic nitrogens is 3. The van der Waals surface area contributed by atoms with Crippen LogP contribution < -0.4 is 15.1 Å². The molecule has 6 rings (SSSR count). The number of anilines is 2. The van der Waals surface area contributed by atoms with Gasteiger partial charge in [-0.25, -0.2) is 13.8 Å². The van der Waals surface area contributed by atoms with Crippen molar-refractivity contribution in [3.05, 3.63) is 83.1 Å². The van der Waals surface area contributed by atoms with E-state index in [0.717, 1.165) is 0 Å². The number of rotatable bonds is 7. The summed E-state index contributed by atoms with van der Waals surface area (Å²) in [6.07, 6.45) is 2.05. The van der Waals surface area contributed by atoms with Crippen LogP contribution in [0.1, 0.15) is 42.9 Å². The van der Waals surface area contributed by atoms with Crippen LogP contribution in [-0.2, 0) is 14.4 Å². The van der Waals surface area contributed by atoms with Crippen molar-refractivity contribution in [3.8, 4) is 6.07 Å². The minimum Gasteiger partial charge on any atom is -0.351 e. The summed E-state index contributed by atoms with van der Waals surface area (Å²) in [5.74, 6) is -4.44. The van der Waals surface area contributed by atoms with Gasteiger partial charge in [0.15, 0.2) is 0 Å². The summed E-state index contributed by atoms with van der Waals surface area (Å²) in [5.41, 5.74) is 1.51. The third-order valence-electron chi connectivity index (χ3n) is 7.70. The van der Waals surface area contributed by atoms with E-state index in [1.807, 2.05) is 6.07 Å². The number of fused-ring (bicyclic) bond motifs is 1. The van der Waals surface area contributed by atoms with Gasteiger partial charge >= 0.3 is 0 Å². The Morgan fingerprint density at radius 1 is 1.19 bits per heavy atom. The summed E-state index contributed by atoms with van der Waals surface area (Å²) in [6, 6.07) is 13.1. The van der Waals surface area contributed by atoms with Gasteiger partial charge in [-0.1, -0.05) is 29.8 Å². The van der Waals surface area contributed by atoms with E-state index in [2.05, 4.69) is 20.5 Å². The number of hydrogen-bond donors (Lipinski definition) is 2. The van der Waals surface area contributed by atoms with Gasteiger partial charge in [-0.2, -0.15) is 10.4 Å². The van der Waals surface area contributed by atoms with Crippen molar-refractivity contribution in [1.29, 1.82) is 5.26 Å². The smallest absolute Gasteiger partial charge is 0.252 e. The fraction of sp³-hybridized carbons (Fsp3) is 0.267. The van der Waals surface area contributed by atoms with Gasteiger partial charge in [0.2, 0.25) is 11.8 Å². The molecular weight excluding hydrogens is 580 g/mol. The predicted octanol–water partition coefficient (Wildman–Crippen LogP) is 4.67. The van der Waals surface area contributed by atoms with E-state index in [-0.39, 0.29) is 40.7 Å². The van der Waals surface area contributed by atoms with Gasteiger partial charge in [0, 0.05) is 53.2 Å². The number of aromatic amines is 1. The molecule has 1 unspecified atom stereocenters. The fourth-order valence-corrected chi connectivity index (χ4v) is 5.85. The van der Waals surface area contributed by atoms with E-state index in [4.69, 9.17) is 11.6 Å². The van der Waals surface area contributed by atoms with Gasteiger partial charge in [-0.15, -0.1) is 0 Å². The maximum Gasteiger partial charge on any atom is 0.252 e. The van der Waals surface area contributed by atoms with Crippen LogP contribution in [0.15, 0.2) is 67.0 Å². The lowest BCUT2D eigenvalue weighted by Crippen LogP contribution is -2.56. The van der Waals surface area contributed by atoms with Crippen molar-refractivity contribution in [2.45, 2.75) is 49.7 Å². The van der Waals surface area contributed by atoms with Crippen molar-refractivity contribution < 1.29 is 23.2 Å². The molecule has 1 saturated carbocycles. The third-order valence-corrected chi connectivity index (χ3v) is 8.04. The van der Waals surface area contributed by atoms with Gasteiger partial charge < -0.3 is 5.32 Å². The van der Waals surface area contributed by atoms with Crippen LogP contribution >= 0.6 is 11.6 Å². The second-order valence-corrected chi connectivity index (χ2v) is 11.0. The molecule has 1 aliphatic carbocycles. The highest BCUT2D eigenvalue weighted by Gasteiger charge is 2.48. The van der Waals surface area contributed by atoms with Gasteiger partial charge in [-0.05, 0) is 42.8 Å². The number of H-pyrrole nitrogens is 1. The van der Waals surface area contributed by atoms with Crippen LogP contribution in [0.3, 0.4) is 0 Å². The molecule has 0 bridgehead atoms. The molecule has 2 atom stereocenters. The maximum absolute atomic E-state index is 14.7. The zero-order valence-corrected chi connectivity index (χ0v) is 23.3. The Hall–Kier alpha value is -4.89. The van der Waals surface area contributed by atoms with Gasteiger partial charge in [0.1, 0.15) is 17.9 Å². The Balaban J connectivity index is 1.47. The quantitative estimate of drug-likeness (QED) is 0.315. The molecule has 1 saturated heterocycles. The SMILES string of the molecule is N#Cc1ccnc(N2C(=O)CC[C@H]2C(=O)N(c2ccc3[nH]ncc3c2)C(C(=O)NC2CC(F)(F)C2)c2ccccc2Cl)c1. The van der Waals surface area contributed by atoms with Crippen LogP contribution in [0.4, 0.5) is 20.3 Å². The van der Waals surface area contributed by atoms with Crippen molar-refractivity contribution in [2.75, 3.05) is 9.80 Å². The van der Waals surface area contributed by atoms with Gasteiger partial charge in [0.25, 0.3) is 11.8 Å². The van der Waals surface area contributed by atoms with E-state index in [0.29, 0.717) is 16.6 Å². The summed E-state index contributed by atoms with van der Waals surface area (Å²) >= 11 is 6.59. The minimum absolute atomic E-state index is 0.0313. The second kappa shape index (κ2) is 11.1.